The van der Waals surface area contributed by atoms with Gasteiger partial charge in [0.2, 0.25) is 10.0 Å². The van der Waals surface area contributed by atoms with E-state index in [0.717, 1.165) is 22.2 Å². The summed E-state index contributed by atoms with van der Waals surface area (Å²) in [5, 5.41) is 9.82. The summed E-state index contributed by atoms with van der Waals surface area (Å²) in [7, 11) is -5.95. The van der Waals surface area contributed by atoms with Crippen LogP contribution in [0.4, 0.5) is 0 Å². The van der Waals surface area contributed by atoms with Gasteiger partial charge in [0.05, 0.1) is 11.8 Å². The number of hydrogen-bond acceptors (Lipinski definition) is 5. The van der Waals surface area contributed by atoms with Crippen molar-refractivity contribution in [3.05, 3.63) is 29.4 Å². The fourth-order valence-corrected chi connectivity index (χ4v) is 4.41. The molecule has 0 radical (unpaired) electrons. The number of aromatic carboxylic acids is 1. The van der Waals surface area contributed by atoms with Gasteiger partial charge in [0.15, 0.2) is 9.84 Å². The number of rotatable bonds is 4. The van der Waals surface area contributed by atoms with E-state index >= 15 is 0 Å². The van der Waals surface area contributed by atoms with Crippen LogP contribution in [-0.2, 0) is 26.9 Å². The summed E-state index contributed by atoms with van der Waals surface area (Å²) in [6.45, 7) is 0. The minimum atomic E-state index is -3.98. The first kappa shape index (κ1) is 14.8. The van der Waals surface area contributed by atoms with E-state index in [4.69, 9.17) is 5.11 Å². The summed E-state index contributed by atoms with van der Waals surface area (Å²) in [5.41, 5.74) is -0.181. The maximum atomic E-state index is 12.0. The predicted octanol–water partition coefficient (Wildman–Crippen LogP) is -0.688. The molecule has 1 atom stereocenters. The molecule has 1 aliphatic heterocycles. The Hall–Kier alpha value is -1.65. The number of nitrogens with zero attached hydrogens (tertiary/aromatic N) is 1. The van der Waals surface area contributed by atoms with Gasteiger partial charge in [0.25, 0.3) is 0 Å². The third-order valence-electron chi connectivity index (χ3n) is 2.75. The molecule has 2 rings (SSSR count). The lowest BCUT2D eigenvalue weighted by molar-refractivity contribution is 0.0686. The van der Waals surface area contributed by atoms with E-state index < -0.39 is 31.9 Å². The van der Waals surface area contributed by atoms with Crippen LogP contribution in [0.1, 0.15) is 10.5 Å². The zero-order valence-electron chi connectivity index (χ0n) is 10.3. The molecule has 0 spiro atoms. The van der Waals surface area contributed by atoms with Crippen molar-refractivity contribution in [1.82, 2.24) is 9.29 Å². The minimum absolute atomic E-state index is 0.181. The van der Waals surface area contributed by atoms with Crippen molar-refractivity contribution >= 4 is 25.8 Å². The molecule has 20 heavy (non-hydrogen) atoms. The number of carboxylic acid groups (broad SMARTS) is 1. The van der Waals surface area contributed by atoms with E-state index in [2.05, 4.69) is 4.72 Å². The zero-order valence-corrected chi connectivity index (χ0v) is 12.0. The highest BCUT2D eigenvalue weighted by molar-refractivity contribution is 7.94. The smallest absolute Gasteiger partial charge is 0.352 e. The van der Waals surface area contributed by atoms with Crippen LogP contribution in [0.2, 0.25) is 0 Å². The summed E-state index contributed by atoms with van der Waals surface area (Å²) in [6.07, 6.45) is 2.40. The van der Waals surface area contributed by atoms with Crippen molar-refractivity contribution in [2.45, 2.75) is 10.9 Å². The van der Waals surface area contributed by atoms with E-state index in [-0.39, 0.29) is 16.3 Å². The van der Waals surface area contributed by atoms with Crippen molar-refractivity contribution in [3.8, 4) is 0 Å². The van der Waals surface area contributed by atoms with Crippen LogP contribution >= 0.6 is 0 Å². The molecule has 0 saturated heterocycles. The molecular weight excluding hydrogens is 308 g/mol. The second kappa shape index (κ2) is 4.72. The largest absolute Gasteiger partial charge is 0.477 e. The average Bonchev–Trinajstić information content (AvgIpc) is 2.82. The maximum Gasteiger partial charge on any atom is 0.352 e. The Kier molecular flexibility index (Phi) is 3.48. The first-order valence-electron chi connectivity index (χ1n) is 5.44. The maximum absolute atomic E-state index is 12.0. The Labute approximate surface area is 115 Å². The van der Waals surface area contributed by atoms with Gasteiger partial charge in [-0.1, -0.05) is 6.08 Å². The van der Waals surface area contributed by atoms with Gasteiger partial charge in [0, 0.05) is 18.7 Å². The van der Waals surface area contributed by atoms with Crippen molar-refractivity contribution in [3.63, 3.8) is 0 Å². The van der Waals surface area contributed by atoms with Gasteiger partial charge >= 0.3 is 5.97 Å². The van der Waals surface area contributed by atoms with Gasteiger partial charge in [-0.05, 0) is 6.07 Å². The monoisotopic (exact) mass is 320 g/mol. The zero-order chi connectivity index (χ0) is 15.1. The van der Waals surface area contributed by atoms with Crippen LogP contribution in [0.25, 0.3) is 0 Å². The van der Waals surface area contributed by atoms with Crippen LogP contribution in [0.15, 0.2) is 28.6 Å². The highest BCUT2D eigenvalue weighted by Gasteiger charge is 2.28. The van der Waals surface area contributed by atoms with Crippen LogP contribution < -0.4 is 4.72 Å². The predicted molar refractivity (Wildman–Crippen MR) is 69.4 cm³/mol. The van der Waals surface area contributed by atoms with Crippen molar-refractivity contribution in [2.24, 2.45) is 7.05 Å². The fourth-order valence-electron chi connectivity index (χ4n) is 1.81. The lowest BCUT2D eigenvalue weighted by Crippen LogP contribution is -2.35. The molecule has 0 bridgehead atoms. The molecule has 0 saturated carbocycles. The van der Waals surface area contributed by atoms with Gasteiger partial charge < -0.3 is 9.67 Å². The van der Waals surface area contributed by atoms with E-state index in [0.29, 0.717) is 0 Å². The number of hydrogen-bond donors (Lipinski definition) is 2. The van der Waals surface area contributed by atoms with Crippen molar-refractivity contribution < 1.29 is 26.7 Å². The topological polar surface area (TPSA) is 123 Å². The van der Waals surface area contributed by atoms with E-state index in [1.54, 1.807) is 0 Å². The molecule has 110 valence electrons. The van der Waals surface area contributed by atoms with Gasteiger partial charge in [-0.25, -0.2) is 26.4 Å². The molecule has 0 fully saturated rings. The van der Waals surface area contributed by atoms with E-state index in [9.17, 15) is 21.6 Å². The normalized spacial score (nSPS) is 21.1. The van der Waals surface area contributed by atoms with Crippen molar-refractivity contribution in [1.29, 1.82) is 0 Å². The number of nitrogens with one attached hydrogen (secondary N) is 1. The third-order valence-corrected chi connectivity index (χ3v) is 5.60. The molecule has 0 amide bonds. The molecule has 1 aromatic rings. The van der Waals surface area contributed by atoms with Gasteiger partial charge in [0.1, 0.15) is 10.6 Å². The first-order chi connectivity index (χ1) is 9.11. The fraction of sp³-hybridized carbons (Fsp3) is 0.300. The molecule has 2 heterocycles. The molecule has 10 heteroatoms. The highest BCUT2D eigenvalue weighted by atomic mass is 32.2. The second-order valence-corrected chi connectivity index (χ2v) is 8.01. The third kappa shape index (κ3) is 2.92. The van der Waals surface area contributed by atoms with E-state index in [1.165, 1.54) is 13.1 Å². The Balaban J connectivity index is 2.26. The quantitative estimate of drug-likeness (QED) is 0.757. The molecule has 0 aliphatic carbocycles. The minimum Gasteiger partial charge on any atom is -0.477 e. The molecule has 1 aromatic heterocycles. The lowest BCUT2D eigenvalue weighted by Gasteiger charge is -2.09. The summed E-state index contributed by atoms with van der Waals surface area (Å²) in [6, 6.07) is 0.163. The van der Waals surface area contributed by atoms with Crippen LogP contribution in [0, 0.1) is 0 Å². The highest BCUT2D eigenvalue weighted by Crippen LogP contribution is 2.16. The number of aromatic nitrogens is 1. The van der Waals surface area contributed by atoms with E-state index in [1.807, 2.05) is 0 Å². The Bertz CT molecular complexity index is 788. The number of sulfone groups is 1. The number of carboxylic acids is 1. The summed E-state index contributed by atoms with van der Waals surface area (Å²) in [4.78, 5) is 10.6. The Morgan fingerprint density at radius 2 is 2.15 bits per heavy atom. The Morgan fingerprint density at radius 3 is 2.60 bits per heavy atom. The molecule has 8 nitrogen and oxygen atoms in total. The second-order valence-electron chi connectivity index (χ2n) is 4.36. The molecule has 1 aliphatic rings. The molecule has 2 N–H and O–H groups in total. The summed E-state index contributed by atoms with van der Waals surface area (Å²) in [5.74, 6) is -1.59. The summed E-state index contributed by atoms with van der Waals surface area (Å²) >= 11 is 0. The number of sulfonamides is 1. The summed E-state index contributed by atoms with van der Waals surface area (Å²) < 4.78 is 49.9. The molecular formula is C10H12N2O6S2. The Morgan fingerprint density at radius 1 is 1.50 bits per heavy atom. The average molecular weight is 320 g/mol. The van der Waals surface area contributed by atoms with Crippen LogP contribution in [-0.4, -0.2) is 44.3 Å². The SMILES string of the molecule is Cn1cc(S(=O)(=O)NC2C=CS(=O)(=O)C2)cc1C(=O)O. The standard InChI is InChI=1S/C10H12N2O6S2/c1-12-5-8(4-9(12)10(13)14)20(17,18)11-7-2-3-19(15,16)6-7/h2-5,7,11H,6H2,1H3,(H,13,14). The van der Waals surface area contributed by atoms with Crippen molar-refractivity contribution in [2.75, 3.05) is 5.75 Å². The van der Waals surface area contributed by atoms with Crippen LogP contribution in [0.5, 0.6) is 0 Å². The number of carbonyl (C=O) groups is 1. The molecule has 0 aromatic carbocycles. The number of aryl methyl sites for hydroxylation is 1. The lowest BCUT2D eigenvalue weighted by atomic mass is 10.4. The van der Waals surface area contributed by atoms with Crippen LogP contribution in [0.3, 0.4) is 0 Å². The first-order valence-corrected chi connectivity index (χ1v) is 8.63. The van der Waals surface area contributed by atoms with Gasteiger partial charge in [-0.2, -0.15) is 0 Å². The van der Waals surface area contributed by atoms with Gasteiger partial charge in [-0.3, -0.25) is 0 Å². The van der Waals surface area contributed by atoms with Gasteiger partial charge in [-0.15, -0.1) is 0 Å². The molecule has 1 unspecified atom stereocenters.